The first kappa shape index (κ1) is 15.5. The quantitative estimate of drug-likeness (QED) is 0.641. The molecule has 0 fully saturated rings. The maximum Gasteiger partial charge on any atom is 0.0829 e. The lowest BCUT2D eigenvalue weighted by molar-refractivity contribution is -0.0719. The van der Waals surface area contributed by atoms with E-state index in [0.717, 1.165) is 32.3 Å². The molecule has 0 heterocycles. The fraction of sp³-hybridized carbons (Fsp3) is 0.857. The molecule has 2 nitrogen and oxygen atoms in total. The van der Waals surface area contributed by atoms with Crippen LogP contribution in [0.1, 0.15) is 53.4 Å². The Kier molecular flexibility index (Phi) is 8.33. The Bertz CT molecular complexity index is 223. The average Bonchev–Trinajstić information content (AvgIpc) is 2.32. The third-order valence-corrected chi connectivity index (χ3v) is 3.35. The summed E-state index contributed by atoms with van der Waals surface area (Å²) in [5.74, 6) is 6.08. The number of likely N-dealkylation sites (N-methyl/N-ethyl adjacent to an activating group) is 1. The van der Waals surface area contributed by atoms with E-state index in [1.54, 1.807) is 0 Å². The molecule has 0 amide bonds. The van der Waals surface area contributed by atoms with Gasteiger partial charge in [0.15, 0.2) is 0 Å². The summed E-state index contributed by atoms with van der Waals surface area (Å²) in [6, 6.07) is 0.392. The maximum absolute atomic E-state index is 6.00. The summed E-state index contributed by atoms with van der Waals surface area (Å²) in [6.45, 7) is 9.14. The Balaban J connectivity index is 4.59. The molecule has 1 atom stereocenters. The first-order chi connectivity index (χ1) is 7.70. The Labute approximate surface area is 101 Å². The predicted molar refractivity (Wildman–Crippen MR) is 70.5 cm³/mol. The molecule has 94 valence electrons. The largest absolute Gasteiger partial charge is 0.374 e. The molecule has 0 aliphatic heterocycles. The predicted octanol–water partition coefficient (Wildman–Crippen LogP) is 2.97. The molecule has 0 aromatic heterocycles. The molecule has 0 aliphatic rings. The van der Waals surface area contributed by atoms with Crippen molar-refractivity contribution >= 4 is 0 Å². The van der Waals surface area contributed by atoms with Crippen LogP contribution in [0.15, 0.2) is 0 Å². The molecule has 0 aromatic rings. The zero-order valence-electron chi connectivity index (χ0n) is 11.5. The van der Waals surface area contributed by atoms with Gasteiger partial charge in [0.1, 0.15) is 0 Å². The monoisotopic (exact) mass is 225 g/mol. The maximum atomic E-state index is 6.00. The summed E-state index contributed by atoms with van der Waals surface area (Å²) in [4.78, 5) is 0. The van der Waals surface area contributed by atoms with Crippen molar-refractivity contribution in [3.63, 3.8) is 0 Å². The van der Waals surface area contributed by atoms with Gasteiger partial charge in [0.05, 0.1) is 5.60 Å². The summed E-state index contributed by atoms with van der Waals surface area (Å²) < 4.78 is 6.00. The zero-order chi connectivity index (χ0) is 12.4. The van der Waals surface area contributed by atoms with E-state index in [2.05, 4.69) is 37.9 Å². The number of hydrogen-bond donors (Lipinski definition) is 1. The second kappa shape index (κ2) is 8.61. The van der Waals surface area contributed by atoms with Crippen LogP contribution in [0.3, 0.4) is 0 Å². The highest BCUT2D eigenvalue weighted by molar-refractivity contribution is 4.98. The second-order valence-corrected chi connectivity index (χ2v) is 4.01. The van der Waals surface area contributed by atoms with Gasteiger partial charge in [-0.1, -0.05) is 13.8 Å². The van der Waals surface area contributed by atoms with Gasteiger partial charge in [-0.2, -0.15) is 0 Å². The standard InChI is InChI=1S/C14H27NO/c1-6-10-11-12-13(15-5)14(7-2,8-3)16-9-4/h13,15H,7-9,11-12H2,1-5H3. The topological polar surface area (TPSA) is 21.3 Å². The summed E-state index contributed by atoms with van der Waals surface area (Å²) in [5, 5.41) is 3.40. The highest BCUT2D eigenvalue weighted by Crippen LogP contribution is 2.27. The minimum atomic E-state index is -0.0288. The van der Waals surface area contributed by atoms with Gasteiger partial charge in [0, 0.05) is 19.1 Å². The van der Waals surface area contributed by atoms with Gasteiger partial charge in [-0.05, 0) is 40.2 Å². The molecule has 0 aromatic carbocycles. The van der Waals surface area contributed by atoms with Crippen molar-refractivity contribution in [1.29, 1.82) is 0 Å². The molecule has 0 spiro atoms. The molecule has 0 bridgehead atoms. The van der Waals surface area contributed by atoms with E-state index in [0.29, 0.717) is 6.04 Å². The van der Waals surface area contributed by atoms with Crippen LogP contribution in [0.25, 0.3) is 0 Å². The van der Waals surface area contributed by atoms with Crippen molar-refractivity contribution in [1.82, 2.24) is 5.32 Å². The minimum Gasteiger partial charge on any atom is -0.374 e. The van der Waals surface area contributed by atoms with Crippen molar-refractivity contribution in [2.45, 2.75) is 65.0 Å². The van der Waals surface area contributed by atoms with Crippen LogP contribution in [0.5, 0.6) is 0 Å². The van der Waals surface area contributed by atoms with Crippen molar-refractivity contribution < 1.29 is 4.74 Å². The minimum absolute atomic E-state index is 0.0288. The van der Waals surface area contributed by atoms with Gasteiger partial charge >= 0.3 is 0 Å². The molecule has 0 radical (unpaired) electrons. The fourth-order valence-electron chi connectivity index (χ4n) is 2.35. The fourth-order valence-corrected chi connectivity index (χ4v) is 2.35. The molecular formula is C14H27NO. The molecule has 0 aliphatic carbocycles. The lowest BCUT2D eigenvalue weighted by Gasteiger charge is -2.39. The smallest absolute Gasteiger partial charge is 0.0829 e. The molecule has 16 heavy (non-hydrogen) atoms. The Morgan fingerprint density at radius 1 is 1.25 bits per heavy atom. The number of rotatable bonds is 8. The third-order valence-electron chi connectivity index (χ3n) is 3.35. The van der Waals surface area contributed by atoms with Crippen molar-refractivity contribution in [2.24, 2.45) is 0 Å². The Morgan fingerprint density at radius 2 is 1.88 bits per heavy atom. The lowest BCUT2D eigenvalue weighted by atomic mass is 9.85. The summed E-state index contributed by atoms with van der Waals surface area (Å²) in [7, 11) is 2.02. The van der Waals surface area contributed by atoms with Crippen molar-refractivity contribution in [3.8, 4) is 11.8 Å². The third kappa shape index (κ3) is 4.15. The molecule has 1 unspecified atom stereocenters. The molecule has 0 saturated carbocycles. The van der Waals surface area contributed by atoms with Gasteiger partial charge in [0.2, 0.25) is 0 Å². The SMILES string of the molecule is CC#CCCC(NC)C(CC)(CC)OCC. The van der Waals surface area contributed by atoms with Gasteiger partial charge in [-0.25, -0.2) is 0 Å². The number of hydrogen-bond acceptors (Lipinski definition) is 2. The Hall–Kier alpha value is -0.520. The van der Waals surface area contributed by atoms with Gasteiger partial charge in [0.25, 0.3) is 0 Å². The van der Waals surface area contributed by atoms with Gasteiger partial charge in [-0.15, -0.1) is 11.8 Å². The normalized spacial score (nSPS) is 13.1. The zero-order valence-corrected chi connectivity index (χ0v) is 11.5. The molecule has 2 heteroatoms. The molecule has 0 rings (SSSR count). The molecule has 1 N–H and O–H groups in total. The van der Waals surface area contributed by atoms with Gasteiger partial charge < -0.3 is 10.1 Å². The lowest BCUT2D eigenvalue weighted by Crippen LogP contribution is -2.50. The van der Waals surface area contributed by atoms with E-state index in [-0.39, 0.29) is 5.60 Å². The van der Waals surface area contributed by atoms with Crippen LogP contribution in [-0.4, -0.2) is 25.3 Å². The van der Waals surface area contributed by atoms with Crippen LogP contribution >= 0.6 is 0 Å². The summed E-state index contributed by atoms with van der Waals surface area (Å²) >= 11 is 0. The second-order valence-electron chi connectivity index (χ2n) is 4.01. The number of nitrogens with one attached hydrogen (secondary N) is 1. The average molecular weight is 225 g/mol. The summed E-state index contributed by atoms with van der Waals surface area (Å²) in [6.07, 6.45) is 4.08. The first-order valence-corrected chi connectivity index (χ1v) is 6.41. The van der Waals surface area contributed by atoms with Crippen LogP contribution < -0.4 is 5.32 Å². The van der Waals surface area contributed by atoms with E-state index < -0.39 is 0 Å². The van der Waals surface area contributed by atoms with Crippen LogP contribution in [-0.2, 0) is 4.74 Å². The van der Waals surface area contributed by atoms with Crippen LogP contribution in [0.2, 0.25) is 0 Å². The van der Waals surface area contributed by atoms with Crippen molar-refractivity contribution in [2.75, 3.05) is 13.7 Å². The van der Waals surface area contributed by atoms with E-state index in [1.807, 2.05) is 14.0 Å². The number of ether oxygens (including phenoxy) is 1. The van der Waals surface area contributed by atoms with E-state index >= 15 is 0 Å². The van der Waals surface area contributed by atoms with E-state index in [4.69, 9.17) is 4.74 Å². The Morgan fingerprint density at radius 3 is 2.25 bits per heavy atom. The highest BCUT2D eigenvalue weighted by Gasteiger charge is 2.34. The first-order valence-electron chi connectivity index (χ1n) is 6.41. The van der Waals surface area contributed by atoms with Crippen LogP contribution in [0, 0.1) is 11.8 Å². The highest BCUT2D eigenvalue weighted by atomic mass is 16.5. The van der Waals surface area contributed by atoms with E-state index in [1.165, 1.54) is 0 Å². The van der Waals surface area contributed by atoms with Gasteiger partial charge in [-0.3, -0.25) is 0 Å². The van der Waals surface area contributed by atoms with Crippen molar-refractivity contribution in [3.05, 3.63) is 0 Å². The summed E-state index contributed by atoms with van der Waals surface area (Å²) in [5.41, 5.74) is -0.0288. The molecule has 0 saturated heterocycles. The molecular weight excluding hydrogens is 198 g/mol. The van der Waals surface area contributed by atoms with Crippen LogP contribution in [0.4, 0.5) is 0 Å². The van der Waals surface area contributed by atoms with E-state index in [9.17, 15) is 0 Å².